The average Bonchev–Trinajstić information content (AvgIpc) is 2.89. The van der Waals surface area contributed by atoms with Crippen LogP contribution in [-0.2, 0) is 4.79 Å². The molecule has 0 atom stereocenters. The van der Waals surface area contributed by atoms with Crippen LogP contribution in [0, 0.1) is 0 Å². The second-order valence-electron chi connectivity index (χ2n) is 8.31. The van der Waals surface area contributed by atoms with Gasteiger partial charge in [-0.15, -0.1) is 0 Å². The number of nitrogens with zero attached hydrogens (tertiary/aromatic N) is 3. The van der Waals surface area contributed by atoms with E-state index < -0.39 is 5.97 Å². The summed E-state index contributed by atoms with van der Waals surface area (Å²) in [4.78, 5) is 14.0. The Morgan fingerprint density at radius 1 is 0.857 bits per heavy atom. The molecule has 0 amide bonds. The maximum atomic E-state index is 11.5. The van der Waals surface area contributed by atoms with Crippen molar-refractivity contribution in [2.75, 3.05) is 40.4 Å². The number of ether oxygens (including phenoxy) is 3. The number of carbonyl (C=O) groups is 1. The van der Waals surface area contributed by atoms with Gasteiger partial charge in [-0.1, -0.05) is 60.7 Å². The number of esters is 1. The summed E-state index contributed by atoms with van der Waals surface area (Å²) < 4.78 is 16.1. The molecule has 0 radical (unpaired) electrons. The predicted octanol–water partition coefficient (Wildman–Crippen LogP) is 4.37. The Bertz CT molecular complexity index is 1080. The first-order chi connectivity index (χ1) is 17.1. The lowest BCUT2D eigenvalue weighted by atomic mass is 9.96. The summed E-state index contributed by atoms with van der Waals surface area (Å²) in [6, 6.07) is 25.1. The number of piperazine rings is 1. The van der Waals surface area contributed by atoms with Crippen molar-refractivity contribution in [3.63, 3.8) is 0 Å². The average molecular weight is 474 g/mol. The van der Waals surface area contributed by atoms with E-state index in [1.165, 1.54) is 32.3 Å². The normalized spacial score (nSPS) is 14.3. The zero-order valence-corrected chi connectivity index (χ0v) is 20.4. The molecule has 4 rings (SSSR count). The fourth-order valence-electron chi connectivity index (χ4n) is 4.34. The van der Waals surface area contributed by atoms with Gasteiger partial charge in [-0.25, -0.2) is 0 Å². The van der Waals surface area contributed by atoms with E-state index in [2.05, 4.69) is 70.6 Å². The zero-order valence-electron chi connectivity index (χ0n) is 20.4. The van der Waals surface area contributed by atoms with Crippen molar-refractivity contribution in [1.82, 2.24) is 9.91 Å². The maximum Gasteiger partial charge on any atom is 0.308 e. The van der Waals surface area contributed by atoms with Crippen molar-refractivity contribution in [3.05, 3.63) is 89.5 Å². The van der Waals surface area contributed by atoms with Crippen LogP contribution < -0.4 is 14.2 Å². The highest BCUT2D eigenvalue weighted by atomic mass is 16.6. The molecule has 0 aliphatic carbocycles. The predicted molar refractivity (Wildman–Crippen MR) is 136 cm³/mol. The molecule has 7 heteroatoms. The Hall–Kier alpha value is -3.84. The first-order valence-corrected chi connectivity index (χ1v) is 11.7. The van der Waals surface area contributed by atoms with Crippen molar-refractivity contribution in [2.45, 2.75) is 13.0 Å². The molecule has 0 unspecified atom stereocenters. The molecule has 1 heterocycles. The van der Waals surface area contributed by atoms with Crippen LogP contribution in [0.3, 0.4) is 0 Å². The van der Waals surface area contributed by atoms with Gasteiger partial charge in [-0.3, -0.25) is 14.7 Å². The maximum absolute atomic E-state index is 11.5. The fourth-order valence-corrected chi connectivity index (χ4v) is 4.34. The van der Waals surface area contributed by atoms with Crippen LogP contribution in [0.15, 0.2) is 77.9 Å². The quantitative estimate of drug-likeness (QED) is 0.275. The third-order valence-electron chi connectivity index (χ3n) is 5.99. The Labute approximate surface area is 206 Å². The van der Waals surface area contributed by atoms with Crippen molar-refractivity contribution in [3.8, 4) is 17.2 Å². The van der Waals surface area contributed by atoms with E-state index in [0.29, 0.717) is 11.5 Å². The van der Waals surface area contributed by atoms with E-state index in [1.807, 2.05) is 0 Å². The molecule has 3 aromatic rings. The van der Waals surface area contributed by atoms with Gasteiger partial charge in [0.2, 0.25) is 5.75 Å². The van der Waals surface area contributed by atoms with Gasteiger partial charge >= 0.3 is 5.97 Å². The summed E-state index contributed by atoms with van der Waals surface area (Å²) in [5.74, 6) is 0.657. The molecule has 3 aromatic carbocycles. The summed E-state index contributed by atoms with van der Waals surface area (Å²) in [6.07, 6.45) is 1.78. The van der Waals surface area contributed by atoms with Crippen LogP contribution in [0.4, 0.5) is 0 Å². The van der Waals surface area contributed by atoms with Gasteiger partial charge < -0.3 is 14.2 Å². The van der Waals surface area contributed by atoms with Crippen molar-refractivity contribution >= 4 is 12.2 Å². The number of rotatable bonds is 8. The Morgan fingerprint density at radius 3 is 1.83 bits per heavy atom. The largest absolute Gasteiger partial charge is 0.493 e. The minimum atomic E-state index is -0.440. The monoisotopic (exact) mass is 473 g/mol. The van der Waals surface area contributed by atoms with Gasteiger partial charge in [0, 0.05) is 38.7 Å². The van der Waals surface area contributed by atoms with Crippen molar-refractivity contribution in [2.24, 2.45) is 5.10 Å². The minimum absolute atomic E-state index is 0.214. The van der Waals surface area contributed by atoms with Crippen molar-refractivity contribution < 1.29 is 19.0 Å². The SMILES string of the molecule is COc1cc(/C=N/N2CCN(C(c3ccccc3)c3ccccc3)CC2)cc(OC)c1OC(C)=O. The van der Waals surface area contributed by atoms with E-state index >= 15 is 0 Å². The fraction of sp³-hybridized carbons (Fsp3) is 0.286. The first kappa shape index (κ1) is 24.3. The van der Waals surface area contributed by atoms with Crippen LogP contribution in [0.5, 0.6) is 17.2 Å². The zero-order chi connectivity index (χ0) is 24.6. The second kappa shape index (κ2) is 11.5. The standard InChI is InChI=1S/C28H31N3O4/c1-21(32)35-28-25(33-2)18-22(19-26(28)34-3)20-29-31-16-14-30(15-17-31)27(23-10-6-4-7-11-23)24-12-8-5-9-13-24/h4-13,18-20,27H,14-17H2,1-3H3/b29-20+. The topological polar surface area (TPSA) is 63.6 Å². The highest BCUT2D eigenvalue weighted by molar-refractivity contribution is 5.83. The van der Waals surface area contributed by atoms with Gasteiger partial charge in [0.05, 0.1) is 26.5 Å². The molecule has 7 nitrogen and oxygen atoms in total. The van der Waals surface area contributed by atoms with Crippen LogP contribution in [-0.4, -0.2) is 62.5 Å². The number of carbonyl (C=O) groups excluding carboxylic acids is 1. The lowest BCUT2D eigenvalue weighted by Gasteiger charge is -2.38. The lowest BCUT2D eigenvalue weighted by Crippen LogP contribution is -2.45. The van der Waals surface area contributed by atoms with Crippen LogP contribution >= 0.6 is 0 Å². The highest BCUT2D eigenvalue weighted by Gasteiger charge is 2.26. The molecule has 0 aromatic heterocycles. The number of benzene rings is 3. The Balaban J connectivity index is 1.47. The highest BCUT2D eigenvalue weighted by Crippen LogP contribution is 2.38. The summed E-state index contributed by atoms with van der Waals surface area (Å²) in [5.41, 5.74) is 3.38. The number of methoxy groups -OCH3 is 2. The number of hydrogen-bond acceptors (Lipinski definition) is 7. The Morgan fingerprint density at radius 2 is 1.37 bits per heavy atom. The first-order valence-electron chi connectivity index (χ1n) is 11.7. The molecule has 0 spiro atoms. The van der Waals surface area contributed by atoms with E-state index in [0.717, 1.165) is 31.7 Å². The van der Waals surface area contributed by atoms with Gasteiger partial charge in [-0.05, 0) is 23.3 Å². The van der Waals surface area contributed by atoms with Crippen molar-refractivity contribution in [1.29, 1.82) is 0 Å². The van der Waals surface area contributed by atoms with E-state index in [4.69, 9.17) is 19.3 Å². The van der Waals surface area contributed by atoms with Gasteiger partial charge in [0.1, 0.15) is 0 Å². The summed E-state index contributed by atoms with van der Waals surface area (Å²) >= 11 is 0. The smallest absolute Gasteiger partial charge is 0.308 e. The molecule has 35 heavy (non-hydrogen) atoms. The molecule has 1 fully saturated rings. The Kier molecular flexibility index (Phi) is 8.00. The molecule has 1 aliphatic rings. The minimum Gasteiger partial charge on any atom is -0.493 e. The molecule has 1 saturated heterocycles. The molecule has 182 valence electrons. The molecular formula is C28H31N3O4. The third-order valence-corrected chi connectivity index (χ3v) is 5.99. The lowest BCUT2D eigenvalue weighted by molar-refractivity contribution is -0.132. The van der Waals surface area contributed by atoms with E-state index in [1.54, 1.807) is 18.3 Å². The third kappa shape index (κ3) is 6.00. The molecule has 1 aliphatic heterocycles. The molecule has 0 N–H and O–H groups in total. The summed E-state index contributed by atoms with van der Waals surface area (Å²) in [5, 5.41) is 6.77. The van der Waals surface area contributed by atoms with E-state index in [-0.39, 0.29) is 11.8 Å². The summed E-state index contributed by atoms with van der Waals surface area (Å²) in [6.45, 7) is 4.75. The number of hydrazone groups is 1. The summed E-state index contributed by atoms with van der Waals surface area (Å²) in [7, 11) is 3.05. The van der Waals surface area contributed by atoms with Gasteiger partial charge in [0.25, 0.3) is 0 Å². The number of hydrogen-bond donors (Lipinski definition) is 0. The molecule has 0 bridgehead atoms. The van der Waals surface area contributed by atoms with Crippen LogP contribution in [0.2, 0.25) is 0 Å². The van der Waals surface area contributed by atoms with E-state index in [9.17, 15) is 4.79 Å². The molecular weight excluding hydrogens is 442 g/mol. The van der Waals surface area contributed by atoms with Crippen LogP contribution in [0.1, 0.15) is 29.7 Å². The second-order valence-corrected chi connectivity index (χ2v) is 8.31. The van der Waals surface area contributed by atoms with Crippen LogP contribution in [0.25, 0.3) is 0 Å². The molecule has 0 saturated carbocycles. The van der Waals surface area contributed by atoms with Gasteiger partial charge in [-0.2, -0.15) is 5.10 Å². The van der Waals surface area contributed by atoms with Gasteiger partial charge in [0.15, 0.2) is 11.5 Å².